The van der Waals surface area contributed by atoms with Gasteiger partial charge < -0.3 is 19.7 Å². The van der Waals surface area contributed by atoms with Crippen molar-refractivity contribution in [3.05, 3.63) is 35.8 Å². The van der Waals surface area contributed by atoms with E-state index in [4.69, 9.17) is 4.42 Å². The molecule has 1 aromatic heterocycles. The van der Waals surface area contributed by atoms with Crippen molar-refractivity contribution in [3.63, 3.8) is 0 Å². The van der Waals surface area contributed by atoms with Crippen LogP contribution < -0.4 is 0 Å². The zero-order valence-corrected chi connectivity index (χ0v) is 16.4. The lowest BCUT2D eigenvalue weighted by molar-refractivity contribution is -0.221. The fraction of sp³-hybridized carbons (Fsp3) is 0.739. The highest BCUT2D eigenvalue weighted by atomic mass is 16.3. The van der Waals surface area contributed by atoms with E-state index in [2.05, 4.69) is 19.9 Å². The van der Waals surface area contributed by atoms with E-state index in [1.807, 2.05) is 6.07 Å². The van der Waals surface area contributed by atoms with E-state index in [1.165, 1.54) is 5.57 Å². The monoisotopic (exact) mass is 372 g/mol. The zero-order valence-electron chi connectivity index (χ0n) is 16.4. The second kappa shape index (κ2) is 5.49. The molecule has 3 fully saturated rings. The van der Waals surface area contributed by atoms with Crippen LogP contribution in [-0.4, -0.2) is 27.0 Å². The third-order valence-electron chi connectivity index (χ3n) is 9.42. The van der Waals surface area contributed by atoms with Gasteiger partial charge in [-0.2, -0.15) is 0 Å². The minimum Gasteiger partial charge on any atom is -0.472 e. The van der Waals surface area contributed by atoms with E-state index in [0.29, 0.717) is 18.8 Å². The van der Waals surface area contributed by atoms with Crippen molar-refractivity contribution in [2.24, 2.45) is 22.7 Å². The number of rotatable bonds is 1. The molecule has 0 aliphatic heterocycles. The van der Waals surface area contributed by atoms with Crippen LogP contribution in [0.5, 0.6) is 0 Å². The molecule has 0 spiro atoms. The lowest BCUT2D eigenvalue weighted by Gasteiger charge is -2.62. The van der Waals surface area contributed by atoms with E-state index < -0.39 is 16.6 Å². The molecule has 0 amide bonds. The van der Waals surface area contributed by atoms with Crippen molar-refractivity contribution in [2.45, 2.75) is 82.5 Å². The molecule has 0 saturated heterocycles. The smallest absolute Gasteiger partial charge is 0.101 e. The average Bonchev–Trinajstić information content (AvgIpc) is 3.24. The topological polar surface area (TPSA) is 73.8 Å². The van der Waals surface area contributed by atoms with Gasteiger partial charge in [-0.3, -0.25) is 0 Å². The van der Waals surface area contributed by atoms with E-state index in [0.717, 1.165) is 44.1 Å². The Morgan fingerprint density at radius 1 is 1.00 bits per heavy atom. The highest BCUT2D eigenvalue weighted by Crippen LogP contribution is 2.71. The fourth-order valence-electron chi connectivity index (χ4n) is 7.66. The van der Waals surface area contributed by atoms with Crippen LogP contribution in [0.2, 0.25) is 0 Å². The first-order valence-electron chi connectivity index (χ1n) is 10.6. The van der Waals surface area contributed by atoms with Gasteiger partial charge >= 0.3 is 0 Å². The second-order valence-electron chi connectivity index (χ2n) is 10.1. The van der Waals surface area contributed by atoms with Crippen LogP contribution in [0.4, 0.5) is 0 Å². The van der Waals surface area contributed by atoms with Gasteiger partial charge in [0, 0.05) is 11.0 Å². The molecule has 4 heteroatoms. The number of fused-ring (bicyclic) bond motifs is 5. The van der Waals surface area contributed by atoms with Crippen molar-refractivity contribution in [1.82, 2.24) is 0 Å². The van der Waals surface area contributed by atoms with Crippen molar-refractivity contribution in [2.75, 3.05) is 0 Å². The third-order valence-corrected chi connectivity index (χ3v) is 9.42. The van der Waals surface area contributed by atoms with E-state index in [1.54, 1.807) is 12.5 Å². The van der Waals surface area contributed by atoms with Gasteiger partial charge in [-0.1, -0.05) is 25.5 Å². The molecule has 7 atom stereocenters. The van der Waals surface area contributed by atoms with E-state index >= 15 is 0 Å². The molecule has 4 aliphatic rings. The van der Waals surface area contributed by atoms with Crippen molar-refractivity contribution < 1.29 is 19.7 Å². The normalized spacial score (nSPS) is 51.9. The standard InChI is InChI=1S/C23H32O4/c1-20-8-5-17(24)13-15(20)3-4-19-18(20)6-9-21(2)22(25,10-11-23(19,21)26)16-7-12-27-14-16/h7,12-14,17-19,24-26H,3-6,8-11H2,1-2H3/t17-,18-,19+,20-,21+,22-,23-/m0/s1. The summed E-state index contributed by atoms with van der Waals surface area (Å²) >= 11 is 0. The maximum absolute atomic E-state index is 12.1. The Morgan fingerprint density at radius 2 is 1.81 bits per heavy atom. The van der Waals surface area contributed by atoms with Crippen LogP contribution in [-0.2, 0) is 5.60 Å². The Bertz CT molecular complexity index is 769. The summed E-state index contributed by atoms with van der Waals surface area (Å²) < 4.78 is 5.28. The minimum atomic E-state index is -1.03. The van der Waals surface area contributed by atoms with Gasteiger partial charge in [0.2, 0.25) is 0 Å². The first-order valence-corrected chi connectivity index (χ1v) is 10.6. The molecule has 4 nitrogen and oxygen atoms in total. The summed E-state index contributed by atoms with van der Waals surface area (Å²) in [5.74, 6) is 0.629. The van der Waals surface area contributed by atoms with Crippen LogP contribution in [0.25, 0.3) is 0 Å². The highest BCUT2D eigenvalue weighted by Gasteiger charge is 2.71. The SMILES string of the molecule is C[C@]12CC[C@H]3[C@@H](CCC4=C[C@@H](O)CC[C@@]43C)[C@@]1(O)CC[C@]2(O)c1ccoc1. The van der Waals surface area contributed by atoms with Crippen LogP contribution in [0.1, 0.15) is 70.8 Å². The summed E-state index contributed by atoms with van der Waals surface area (Å²) in [6.07, 6.45) is 11.8. The van der Waals surface area contributed by atoms with Gasteiger partial charge in [-0.25, -0.2) is 0 Å². The fourth-order valence-corrected chi connectivity index (χ4v) is 7.66. The molecular formula is C23H32O4. The molecule has 1 heterocycles. The molecule has 0 radical (unpaired) electrons. The summed E-state index contributed by atoms with van der Waals surface area (Å²) in [6, 6.07) is 1.86. The molecule has 0 aromatic carbocycles. The summed E-state index contributed by atoms with van der Waals surface area (Å²) in [7, 11) is 0. The maximum Gasteiger partial charge on any atom is 0.101 e. The summed E-state index contributed by atoms with van der Waals surface area (Å²) in [5.41, 5.74) is -0.154. The van der Waals surface area contributed by atoms with Gasteiger partial charge in [-0.05, 0) is 74.7 Å². The number of furan rings is 1. The van der Waals surface area contributed by atoms with Crippen molar-refractivity contribution in [3.8, 4) is 0 Å². The zero-order chi connectivity index (χ0) is 19.1. The number of hydrogen-bond acceptors (Lipinski definition) is 4. The Balaban J connectivity index is 1.56. The lowest BCUT2D eigenvalue weighted by Crippen LogP contribution is -2.63. The maximum atomic E-state index is 12.1. The molecule has 1 aromatic rings. The first kappa shape index (κ1) is 18.0. The Hall–Kier alpha value is -1.10. The lowest BCUT2D eigenvalue weighted by atomic mass is 9.44. The predicted molar refractivity (Wildman–Crippen MR) is 102 cm³/mol. The van der Waals surface area contributed by atoms with Crippen LogP contribution in [0.3, 0.4) is 0 Å². The van der Waals surface area contributed by atoms with Gasteiger partial charge in [0.15, 0.2) is 0 Å². The molecule has 3 N–H and O–H groups in total. The molecule has 0 unspecified atom stereocenters. The second-order valence-corrected chi connectivity index (χ2v) is 10.1. The molecule has 4 aliphatic carbocycles. The van der Waals surface area contributed by atoms with Gasteiger partial charge in [-0.15, -0.1) is 0 Å². The highest BCUT2D eigenvalue weighted by molar-refractivity contribution is 5.33. The van der Waals surface area contributed by atoms with Gasteiger partial charge in [0.25, 0.3) is 0 Å². The summed E-state index contributed by atoms with van der Waals surface area (Å²) in [4.78, 5) is 0. The number of hydrogen-bond donors (Lipinski definition) is 3. The van der Waals surface area contributed by atoms with Crippen LogP contribution >= 0.6 is 0 Å². The van der Waals surface area contributed by atoms with Crippen molar-refractivity contribution >= 4 is 0 Å². The molecule has 0 bridgehead atoms. The predicted octanol–water partition coefficient (Wildman–Crippen LogP) is 3.91. The minimum absolute atomic E-state index is 0.0789. The van der Waals surface area contributed by atoms with Crippen LogP contribution in [0, 0.1) is 22.7 Å². The Morgan fingerprint density at radius 3 is 2.56 bits per heavy atom. The molecular weight excluding hydrogens is 340 g/mol. The summed E-state index contributed by atoms with van der Waals surface area (Å²) in [6.45, 7) is 4.45. The van der Waals surface area contributed by atoms with E-state index in [9.17, 15) is 15.3 Å². The Labute approximate surface area is 161 Å². The molecule has 5 rings (SSSR count). The largest absolute Gasteiger partial charge is 0.472 e. The first-order chi connectivity index (χ1) is 12.7. The Kier molecular flexibility index (Phi) is 3.65. The van der Waals surface area contributed by atoms with Crippen molar-refractivity contribution in [1.29, 1.82) is 0 Å². The molecule has 27 heavy (non-hydrogen) atoms. The molecule has 148 valence electrons. The number of aliphatic hydroxyl groups is 3. The number of allylic oxidation sites excluding steroid dienone is 1. The molecule has 3 saturated carbocycles. The third kappa shape index (κ3) is 2.05. The van der Waals surface area contributed by atoms with Gasteiger partial charge in [0.1, 0.15) is 5.60 Å². The average molecular weight is 373 g/mol. The quantitative estimate of drug-likeness (QED) is 0.654. The number of aliphatic hydroxyl groups excluding tert-OH is 1. The van der Waals surface area contributed by atoms with E-state index in [-0.39, 0.29) is 17.4 Å². The van der Waals surface area contributed by atoms with Gasteiger partial charge in [0.05, 0.1) is 24.2 Å². The van der Waals surface area contributed by atoms with Crippen LogP contribution in [0.15, 0.2) is 34.7 Å². The summed E-state index contributed by atoms with van der Waals surface area (Å²) in [5, 5.41) is 33.9.